The average Bonchev–Trinajstić information content (AvgIpc) is 2.33. The lowest BCUT2D eigenvalue weighted by Gasteiger charge is -2.06. The topological polar surface area (TPSA) is 45.9 Å². The summed E-state index contributed by atoms with van der Waals surface area (Å²) in [5.41, 5.74) is 0.350. The highest BCUT2D eigenvalue weighted by Gasteiger charge is 2.08. The summed E-state index contributed by atoms with van der Waals surface area (Å²) in [6.07, 6.45) is 1.49. The Bertz CT molecular complexity index is 534. The van der Waals surface area contributed by atoms with Crippen LogP contribution in [0.5, 0.6) is 11.6 Å². The summed E-state index contributed by atoms with van der Waals surface area (Å²) in [5.74, 6) is 0.874. The molecule has 0 spiro atoms. The van der Waals surface area contributed by atoms with E-state index >= 15 is 0 Å². The summed E-state index contributed by atoms with van der Waals surface area (Å²) in [4.78, 5) is 3.98. The number of ether oxygens (including phenoxy) is 1. The molecule has 16 heavy (non-hydrogen) atoms. The highest BCUT2D eigenvalue weighted by molar-refractivity contribution is 6.33. The molecule has 0 amide bonds. The second-order valence-corrected chi connectivity index (χ2v) is 3.38. The van der Waals surface area contributed by atoms with Crippen LogP contribution >= 0.6 is 11.6 Å². The summed E-state index contributed by atoms with van der Waals surface area (Å²) in [7, 11) is 0. The zero-order valence-electron chi connectivity index (χ0n) is 8.22. The van der Waals surface area contributed by atoms with Gasteiger partial charge in [-0.25, -0.2) is 4.98 Å². The van der Waals surface area contributed by atoms with Gasteiger partial charge in [0.2, 0.25) is 5.88 Å². The molecule has 0 radical (unpaired) electrons. The molecular weight excluding hydrogens is 224 g/mol. The van der Waals surface area contributed by atoms with E-state index in [0.29, 0.717) is 11.3 Å². The second-order valence-electron chi connectivity index (χ2n) is 3.00. The summed E-state index contributed by atoms with van der Waals surface area (Å²) >= 11 is 5.95. The van der Waals surface area contributed by atoms with Crippen molar-refractivity contribution in [2.45, 2.75) is 0 Å². The van der Waals surface area contributed by atoms with Crippen LogP contribution in [0.4, 0.5) is 0 Å². The highest BCUT2D eigenvalue weighted by atomic mass is 35.5. The van der Waals surface area contributed by atoms with Crippen molar-refractivity contribution in [3.63, 3.8) is 0 Å². The van der Waals surface area contributed by atoms with Gasteiger partial charge in [0.25, 0.3) is 0 Å². The SMILES string of the molecule is N#Cc1ccnc(Oc2ccccc2)c1Cl. The van der Waals surface area contributed by atoms with Gasteiger partial charge in [-0.2, -0.15) is 5.26 Å². The van der Waals surface area contributed by atoms with Gasteiger partial charge >= 0.3 is 0 Å². The van der Waals surface area contributed by atoms with Gasteiger partial charge in [0.05, 0.1) is 5.56 Å². The van der Waals surface area contributed by atoms with E-state index in [-0.39, 0.29) is 10.9 Å². The number of pyridine rings is 1. The monoisotopic (exact) mass is 230 g/mol. The minimum absolute atomic E-state index is 0.230. The van der Waals surface area contributed by atoms with Crippen LogP contribution in [0.3, 0.4) is 0 Å². The second kappa shape index (κ2) is 4.65. The highest BCUT2D eigenvalue weighted by Crippen LogP contribution is 2.28. The van der Waals surface area contributed by atoms with Gasteiger partial charge in [0, 0.05) is 6.20 Å². The fourth-order valence-electron chi connectivity index (χ4n) is 1.18. The predicted octanol–water partition coefficient (Wildman–Crippen LogP) is 3.40. The number of hydrogen-bond acceptors (Lipinski definition) is 3. The third-order valence-corrected chi connectivity index (χ3v) is 2.30. The van der Waals surface area contributed by atoms with Crippen LogP contribution in [0.25, 0.3) is 0 Å². The van der Waals surface area contributed by atoms with Crippen LogP contribution in [0.15, 0.2) is 42.6 Å². The molecule has 1 heterocycles. The Morgan fingerprint density at radius 3 is 2.62 bits per heavy atom. The van der Waals surface area contributed by atoms with Crippen molar-refractivity contribution in [3.05, 3.63) is 53.2 Å². The number of hydrogen-bond donors (Lipinski definition) is 0. The normalized spacial score (nSPS) is 9.50. The molecule has 78 valence electrons. The first-order valence-corrected chi connectivity index (χ1v) is 4.96. The molecule has 3 nitrogen and oxygen atoms in total. The Morgan fingerprint density at radius 1 is 1.19 bits per heavy atom. The Hall–Kier alpha value is -2.05. The van der Waals surface area contributed by atoms with E-state index in [4.69, 9.17) is 21.6 Å². The Morgan fingerprint density at radius 2 is 1.94 bits per heavy atom. The van der Waals surface area contributed by atoms with E-state index in [1.807, 2.05) is 24.3 Å². The first-order valence-electron chi connectivity index (χ1n) is 4.59. The molecule has 0 aliphatic rings. The molecule has 0 saturated heterocycles. The Labute approximate surface area is 97.9 Å². The van der Waals surface area contributed by atoms with Gasteiger partial charge < -0.3 is 4.74 Å². The van der Waals surface area contributed by atoms with Gasteiger partial charge in [-0.05, 0) is 18.2 Å². The van der Waals surface area contributed by atoms with Crippen molar-refractivity contribution in [2.24, 2.45) is 0 Å². The van der Waals surface area contributed by atoms with Gasteiger partial charge in [0.1, 0.15) is 16.8 Å². The third kappa shape index (κ3) is 2.13. The average molecular weight is 231 g/mol. The van der Waals surface area contributed by atoms with Gasteiger partial charge in [0.15, 0.2) is 0 Å². The first kappa shape index (κ1) is 10.5. The standard InChI is InChI=1S/C12H7ClN2O/c13-11-9(8-14)6-7-15-12(11)16-10-4-2-1-3-5-10/h1-7H. The van der Waals surface area contributed by atoms with Gasteiger partial charge in [-0.1, -0.05) is 29.8 Å². The molecule has 0 aliphatic heterocycles. The number of halogens is 1. The molecule has 1 aromatic carbocycles. The Balaban J connectivity index is 2.33. The first-order chi connectivity index (χ1) is 7.81. The number of para-hydroxylation sites is 1. The van der Waals surface area contributed by atoms with Crippen molar-refractivity contribution >= 4 is 11.6 Å². The zero-order chi connectivity index (χ0) is 11.4. The minimum Gasteiger partial charge on any atom is -0.437 e. The van der Waals surface area contributed by atoms with Crippen molar-refractivity contribution in [3.8, 4) is 17.7 Å². The zero-order valence-corrected chi connectivity index (χ0v) is 8.98. The van der Waals surface area contributed by atoms with Crippen LogP contribution in [-0.4, -0.2) is 4.98 Å². The minimum atomic E-state index is 0.230. The summed E-state index contributed by atoms with van der Waals surface area (Å²) < 4.78 is 5.46. The molecule has 0 bridgehead atoms. The lowest BCUT2D eigenvalue weighted by molar-refractivity contribution is 0.463. The number of aromatic nitrogens is 1. The summed E-state index contributed by atoms with van der Waals surface area (Å²) in [6, 6.07) is 12.7. The predicted molar refractivity (Wildman–Crippen MR) is 60.5 cm³/mol. The maximum absolute atomic E-state index is 8.79. The van der Waals surface area contributed by atoms with Gasteiger partial charge in [-0.15, -0.1) is 0 Å². The molecule has 2 rings (SSSR count). The molecule has 0 saturated carbocycles. The number of rotatable bonds is 2. The largest absolute Gasteiger partial charge is 0.437 e. The molecule has 0 fully saturated rings. The van der Waals surface area contributed by atoms with Crippen LogP contribution < -0.4 is 4.74 Å². The number of nitriles is 1. The smallest absolute Gasteiger partial charge is 0.239 e. The number of benzene rings is 1. The Kier molecular flexibility index (Phi) is 3.04. The van der Waals surface area contributed by atoms with Crippen LogP contribution in [0.2, 0.25) is 5.02 Å². The fourth-order valence-corrected chi connectivity index (χ4v) is 1.37. The van der Waals surface area contributed by atoms with Crippen molar-refractivity contribution < 1.29 is 4.74 Å². The molecule has 4 heteroatoms. The number of nitrogens with zero attached hydrogens (tertiary/aromatic N) is 2. The van der Waals surface area contributed by atoms with E-state index in [0.717, 1.165) is 0 Å². The molecular formula is C12H7ClN2O. The van der Waals surface area contributed by atoms with Crippen LogP contribution in [-0.2, 0) is 0 Å². The quantitative estimate of drug-likeness (QED) is 0.794. The third-order valence-electron chi connectivity index (χ3n) is 1.94. The summed E-state index contributed by atoms with van der Waals surface area (Å²) in [6.45, 7) is 0. The molecule has 0 aliphatic carbocycles. The van der Waals surface area contributed by atoms with Crippen molar-refractivity contribution in [1.29, 1.82) is 5.26 Å². The maximum Gasteiger partial charge on any atom is 0.239 e. The van der Waals surface area contributed by atoms with Gasteiger partial charge in [-0.3, -0.25) is 0 Å². The summed E-state index contributed by atoms with van der Waals surface area (Å²) in [5, 5.41) is 9.02. The molecule has 2 aromatic rings. The maximum atomic E-state index is 8.79. The van der Waals surface area contributed by atoms with E-state index in [1.54, 1.807) is 18.2 Å². The fraction of sp³-hybridized carbons (Fsp3) is 0. The van der Waals surface area contributed by atoms with E-state index in [2.05, 4.69) is 4.98 Å². The van der Waals surface area contributed by atoms with E-state index in [1.165, 1.54) is 6.20 Å². The van der Waals surface area contributed by atoms with Crippen LogP contribution in [0.1, 0.15) is 5.56 Å². The van der Waals surface area contributed by atoms with E-state index < -0.39 is 0 Å². The van der Waals surface area contributed by atoms with Crippen LogP contribution in [0, 0.1) is 11.3 Å². The molecule has 1 aromatic heterocycles. The molecule has 0 N–H and O–H groups in total. The lowest BCUT2D eigenvalue weighted by atomic mass is 10.3. The molecule has 0 atom stereocenters. The molecule has 0 unspecified atom stereocenters. The van der Waals surface area contributed by atoms with Crippen molar-refractivity contribution in [1.82, 2.24) is 4.98 Å². The lowest BCUT2D eigenvalue weighted by Crippen LogP contribution is -1.90. The van der Waals surface area contributed by atoms with Crippen molar-refractivity contribution in [2.75, 3.05) is 0 Å². The van der Waals surface area contributed by atoms with E-state index in [9.17, 15) is 0 Å².